The van der Waals surface area contributed by atoms with E-state index in [0.717, 1.165) is 5.56 Å². The summed E-state index contributed by atoms with van der Waals surface area (Å²) in [7, 11) is 0. The van der Waals surface area contributed by atoms with Gasteiger partial charge in [-0.2, -0.15) is 0 Å². The monoisotopic (exact) mass is 381 g/mol. The fourth-order valence-electron chi connectivity index (χ4n) is 3.03. The van der Waals surface area contributed by atoms with Crippen molar-refractivity contribution in [1.29, 1.82) is 0 Å². The highest BCUT2D eigenvalue weighted by molar-refractivity contribution is 6.14. The molecule has 1 atom stereocenters. The van der Waals surface area contributed by atoms with Gasteiger partial charge in [0.2, 0.25) is 0 Å². The van der Waals surface area contributed by atoms with Gasteiger partial charge < -0.3 is 14.4 Å². The SMILES string of the molecule is Cc1ccc(C(=O)c2ccccc2C(=O)O[C@H](C)C(=O)N2CCOCC2)cc1. The van der Waals surface area contributed by atoms with Gasteiger partial charge in [-0.1, -0.05) is 48.0 Å². The fraction of sp³-hybridized carbons (Fsp3) is 0.318. The molecule has 0 spiro atoms. The summed E-state index contributed by atoms with van der Waals surface area (Å²) in [5, 5.41) is 0. The molecule has 6 heteroatoms. The van der Waals surface area contributed by atoms with E-state index in [-0.39, 0.29) is 22.8 Å². The lowest BCUT2D eigenvalue weighted by Crippen LogP contribution is -2.46. The first-order valence-corrected chi connectivity index (χ1v) is 9.25. The molecule has 0 radical (unpaired) electrons. The summed E-state index contributed by atoms with van der Waals surface area (Å²) in [5.41, 5.74) is 1.93. The molecule has 2 aromatic rings. The normalized spacial score (nSPS) is 15.0. The van der Waals surface area contributed by atoms with Crippen LogP contribution in [0.15, 0.2) is 48.5 Å². The Morgan fingerprint density at radius 3 is 2.21 bits per heavy atom. The van der Waals surface area contributed by atoms with Crippen LogP contribution in [0.1, 0.15) is 38.8 Å². The molecule has 1 amide bonds. The number of carbonyl (C=O) groups is 3. The largest absolute Gasteiger partial charge is 0.449 e. The summed E-state index contributed by atoms with van der Waals surface area (Å²) < 4.78 is 10.6. The van der Waals surface area contributed by atoms with E-state index in [4.69, 9.17) is 9.47 Å². The molecule has 1 aliphatic rings. The third-order valence-corrected chi connectivity index (χ3v) is 4.66. The molecule has 1 fully saturated rings. The summed E-state index contributed by atoms with van der Waals surface area (Å²) >= 11 is 0. The Balaban J connectivity index is 1.76. The highest BCUT2D eigenvalue weighted by Crippen LogP contribution is 2.17. The van der Waals surface area contributed by atoms with Crippen LogP contribution in [0.2, 0.25) is 0 Å². The summed E-state index contributed by atoms with van der Waals surface area (Å²) in [6, 6.07) is 13.6. The van der Waals surface area contributed by atoms with Crippen LogP contribution in [0.25, 0.3) is 0 Å². The van der Waals surface area contributed by atoms with Crippen molar-refractivity contribution in [2.45, 2.75) is 20.0 Å². The van der Waals surface area contributed by atoms with Crippen LogP contribution in [0, 0.1) is 6.92 Å². The molecule has 1 saturated heterocycles. The zero-order valence-corrected chi connectivity index (χ0v) is 16.0. The molecule has 6 nitrogen and oxygen atoms in total. The highest BCUT2D eigenvalue weighted by atomic mass is 16.5. The first kappa shape index (κ1) is 19.8. The summed E-state index contributed by atoms with van der Waals surface area (Å²) in [6.07, 6.45) is -0.937. The lowest BCUT2D eigenvalue weighted by molar-refractivity contribution is -0.143. The predicted molar refractivity (Wildman–Crippen MR) is 103 cm³/mol. The topological polar surface area (TPSA) is 72.9 Å². The van der Waals surface area contributed by atoms with Gasteiger partial charge in [0, 0.05) is 24.2 Å². The Hall–Kier alpha value is -2.99. The first-order valence-electron chi connectivity index (χ1n) is 9.25. The maximum absolute atomic E-state index is 12.9. The average molecular weight is 381 g/mol. The van der Waals surface area contributed by atoms with Gasteiger partial charge in [0.05, 0.1) is 18.8 Å². The molecule has 3 rings (SSSR count). The van der Waals surface area contributed by atoms with E-state index in [0.29, 0.717) is 31.9 Å². The minimum atomic E-state index is -0.937. The van der Waals surface area contributed by atoms with Crippen molar-refractivity contribution < 1.29 is 23.9 Å². The molecule has 0 saturated carbocycles. The van der Waals surface area contributed by atoms with Crippen LogP contribution >= 0.6 is 0 Å². The van der Waals surface area contributed by atoms with Gasteiger partial charge in [-0.05, 0) is 19.9 Å². The molecule has 0 aliphatic carbocycles. The number of nitrogens with zero attached hydrogens (tertiary/aromatic N) is 1. The summed E-state index contributed by atoms with van der Waals surface area (Å²) in [5.74, 6) is -1.22. The number of aryl methyl sites for hydroxylation is 1. The van der Waals surface area contributed by atoms with E-state index in [1.165, 1.54) is 6.07 Å². The van der Waals surface area contributed by atoms with Crippen molar-refractivity contribution in [2.75, 3.05) is 26.3 Å². The first-order chi connectivity index (χ1) is 13.5. The van der Waals surface area contributed by atoms with E-state index in [9.17, 15) is 14.4 Å². The maximum atomic E-state index is 12.9. The van der Waals surface area contributed by atoms with E-state index < -0.39 is 12.1 Å². The second kappa shape index (κ2) is 8.80. The molecular weight excluding hydrogens is 358 g/mol. The van der Waals surface area contributed by atoms with Crippen LogP contribution in [0.3, 0.4) is 0 Å². The van der Waals surface area contributed by atoms with Gasteiger partial charge in [-0.3, -0.25) is 9.59 Å². The predicted octanol–water partition coefficient (Wildman–Crippen LogP) is 2.63. The van der Waals surface area contributed by atoms with Crippen LogP contribution in [0.4, 0.5) is 0 Å². The van der Waals surface area contributed by atoms with Crippen LogP contribution in [-0.2, 0) is 14.3 Å². The molecule has 1 heterocycles. The lowest BCUT2D eigenvalue weighted by atomic mass is 9.98. The second-order valence-corrected chi connectivity index (χ2v) is 6.73. The Morgan fingerprint density at radius 1 is 0.964 bits per heavy atom. The highest BCUT2D eigenvalue weighted by Gasteiger charge is 2.27. The van der Waals surface area contributed by atoms with Crippen LogP contribution in [0.5, 0.6) is 0 Å². The molecule has 2 aromatic carbocycles. The molecule has 0 unspecified atom stereocenters. The van der Waals surface area contributed by atoms with E-state index in [1.807, 2.05) is 19.1 Å². The molecule has 28 heavy (non-hydrogen) atoms. The number of carbonyl (C=O) groups excluding carboxylic acids is 3. The zero-order chi connectivity index (χ0) is 20.1. The van der Waals surface area contributed by atoms with Gasteiger partial charge in [-0.15, -0.1) is 0 Å². The van der Waals surface area contributed by atoms with E-state index in [1.54, 1.807) is 42.2 Å². The van der Waals surface area contributed by atoms with Crippen molar-refractivity contribution >= 4 is 17.7 Å². The standard InChI is InChI=1S/C22H23NO5/c1-15-7-9-17(10-8-15)20(24)18-5-3-4-6-19(18)22(26)28-16(2)21(25)23-11-13-27-14-12-23/h3-10,16H,11-14H2,1-2H3/t16-/m1/s1. The lowest BCUT2D eigenvalue weighted by Gasteiger charge is -2.29. The number of rotatable bonds is 5. The number of ether oxygens (including phenoxy) is 2. The third-order valence-electron chi connectivity index (χ3n) is 4.66. The van der Waals surface area contributed by atoms with Crippen molar-refractivity contribution in [3.8, 4) is 0 Å². The third kappa shape index (κ3) is 4.46. The Kier molecular flexibility index (Phi) is 6.21. The number of ketones is 1. The van der Waals surface area contributed by atoms with E-state index in [2.05, 4.69) is 0 Å². The van der Waals surface area contributed by atoms with Crippen molar-refractivity contribution in [2.24, 2.45) is 0 Å². The molecule has 0 N–H and O–H groups in total. The quantitative estimate of drug-likeness (QED) is 0.588. The van der Waals surface area contributed by atoms with Crippen molar-refractivity contribution in [3.63, 3.8) is 0 Å². The molecule has 0 aromatic heterocycles. The smallest absolute Gasteiger partial charge is 0.339 e. The molecule has 1 aliphatic heterocycles. The number of esters is 1. The molecule has 146 valence electrons. The van der Waals surface area contributed by atoms with Crippen LogP contribution in [-0.4, -0.2) is 55.0 Å². The fourth-order valence-corrected chi connectivity index (χ4v) is 3.03. The van der Waals surface area contributed by atoms with Gasteiger partial charge in [0.15, 0.2) is 11.9 Å². The van der Waals surface area contributed by atoms with Gasteiger partial charge in [0.25, 0.3) is 5.91 Å². The number of amides is 1. The van der Waals surface area contributed by atoms with Crippen molar-refractivity contribution in [1.82, 2.24) is 4.90 Å². The zero-order valence-electron chi connectivity index (χ0n) is 16.0. The number of hydrogen-bond acceptors (Lipinski definition) is 5. The van der Waals surface area contributed by atoms with Gasteiger partial charge in [-0.25, -0.2) is 4.79 Å². The average Bonchev–Trinajstić information content (AvgIpc) is 2.73. The van der Waals surface area contributed by atoms with Crippen LogP contribution < -0.4 is 0 Å². The molecule has 0 bridgehead atoms. The second-order valence-electron chi connectivity index (χ2n) is 6.73. The van der Waals surface area contributed by atoms with Crippen molar-refractivity contribution in [3.05, 3.63) is 70.8 Å². The minimum Gasteiger partial charge on any atom is -0.449 e. The Bertz CT molecular complexity index is 869. The maximum Gasteiger partial charge on any atom is 0.339 e. The van der Waals surface area contributed by atoms with E-state index >= 15 is 0 Å². The molecular formula is C22H23NO5. The Morgan fingerprint density at radius 2 is 1.57 bits per heavy atom. The number of benzene rings is 2. The Labute approximate surface area is 164 Å². The number of morpholine rings is 1. The number of hydrogen-bond donors (Lipinski definition) is 0. The van der Waals surface area contributed by atoms with Gasteiger partial charge >= 0.3 is 5.97 Å². The minimum absolute atomic E-state index is 0.148. The van der Waals surface area contributed by atoms with Gasteiger partial charge in [0.1, 0.15) is 0 Å². The summed E-state index contributed by atoms with van der Waals surface area (Å²) in [4.78, 5) is 39.6. The summed E-state index contributed by atoms with van der Waals surface area (Å²) in [6.45, 7) is 5.37.